The van der Waals surface area contributed by atoms with Crippen LogP contribution in [0, 0.1) is 0 Å². The molecular formula is C26H40O3. The number of hydrogen-bond acceptors (Lipinski definition) is 3. The third kappa shape index (κ3) is 18.8. The highest BCUT2D eigenvalue weighted by Gasteiger charge is 2.10. The minimum Gasteiger partial charge on any atom is -0.487 e. The zero-order valence-corrected chi connectivity index (χ0v) is 18.6. The van der Waals surface area contributed by atoms with Gasteiger partial charge in [-0.1, -0.05) is 67.7 Å². The summed E-state index contributed by atoms with van der Waals surface area (Å²) in [5.41, 5.74) is 0. The van der Waals surface area contributed by atoms with Crippen LogP contribution in [0.2, 0.25) is 0 Å². The minimum absolute atomic E-state index is 0.332. The first-order valence-electron chi connectivity index (χ1n) is 11.0. The number of unbranched alkanes of at least 4 members (excludes halogenated alkanes) is 2. The molecule has 0 N–H and O–H groups in total. The topological polar surface area (TPSA) is 35.5 Å². The normalized spacial score (nSPS) is 13.0. The number of carbonyl (C=O) groups is 1. The molecule has 0 atom stereocenters. The van der Waals surface area contributed by atoms with Crippen molar-refractivity contribution >= 4 is 5.97 Å². The molecule has 29 heavy (non-hydrogen) atoms. The maximum Gasteiger partial charge on any atom is 0.373 e. The number of ether oxygens (including phenoxy) is 2. The zero-order valence-electron chi connectivity index (χ0n) is 18.6. The second-order valence-electron chi connectivity index (χ2n) is 6.36. The SMILES string of the molecule is CC/C=C\C/C=C\C/C=C\C/C=C\C/C=C\CCC/C=C(\OCC)C(=O)OCC. The van der Waals surface area contributed by atoms with E-state index in [1.165, 1.54) is 0 Å². The van der Waals surface area contributed by atoms with Crippen molar-refractivity contribution in [1.29, 1.82) is 0 Å². The van der Waals surface area contributed by atoms with Gasteiger partial charge in [-0.15, -0.1) is 0 Å². The van der Waals surface area contributed by atoms with Gasteiger partial charge in [-0.2, -0.15) is 0 Å². The van der Waals surface area contributed by atoms with Crippen LogP contribution in [0.1, 0.15) is 72.1 Å². The van der Waals surface area contributed by atoms with Gasteiger partial charge < -0.3 is 9.47 Å². The van der Waals surface area contributed by atoms with Crippen LogP contribution in [0.3, 0.4) is 0 Å². The lowest BCUT2D eigenvalue weighted by atomic mass is 10.2. The van der Waals surface area contributed by atoms with Gasteiger partial charge in [-0.3, -0.25) is 0 Å². The summed E-state index contributed by atoms with van der Waals surface area (Å²) in [5, 5.41) is 0. The molecular weight excluding hydrogens is 360 g/mol. The average Bonchev–Trinajstić information content (AvgIpc) is 2.72. The molecule has 162 valence electrons. The van der Waals surface area contributed by atoms with E-state index in [-0.39, 0.29) is 5.97 Å². The fourth-order valence-corrected chi connectivity index (χ4v) is 2.40. The highest BCUT2D eigenvalue weighted by Crippen LogP contribution is 2.07. The van der Waals surface area contributed by atoms with E-state index in [2.05, 4.69) is 67.7 Å². The Morgan fingerprint density at radius 3 is 1.59 bits per heavy atom. The molecule has 0 spiro atoms. The van der Waals surface area contributed by atoms with Crippen molar-refractivity contribution in [3.05, 3.63) is 72.6 Å². The molecule has 0 aromatic rings. The second kappa shape index (κ2) is 22.0. The summed E-state index contributed by atoms with van der Waals surface area (Å²) in [6.07, 6.45) is 31.7. The Labute approximate surface area is 178 Å². The summed E-state index contributed by atoms with van der Waals surface area (Å²) in [5.74, 6) is -0.0395. The summed E-state index contributed by atoms with van der Waals surface area (Å²) in [6, 6.07) is 0. The zero-order chi connectivity index (χ0) is 21.4. The van der Waals surface area contributed by atoms with Crippen molar-refractivity contribution in [3.8, 4) is 0 Å². The minimum atomic E-state index is -0.371. The van der Waals surface area contributed by atoms with E-state index in [4.69, 9.17) is 9.47 Å². The molecule has 0 saturated heterocycles. The average molecular weight is 401 g/mol. The van der Waals surface area contributed by atoms with Crippen LogP contribution in [0.4, 0.5) is 0 Å². The lowest BCUT2D eigenvalue weighted by Gasteiger charge is -2.07. The first kappa shape index (κ1) is 26.7. The fourth-order valence-electron chi connectivity index (χ4n) is 2.40. The van der Waals surface area contributed by atoms with Crippen molar-refractivity contribution in [1.82, 2.24) is 0 Å². The monoisotopic (exact) mass is 400 g/mol. The van der Waals surface area contributed by atoms with E-state index >= 15 is 0 Å². The summed E-state index contributed by atoms with van der Waals surface area (Å²) in [6.45, 7) is 6.65. The quantitative estimate of drug-likeness (QED) is 0.0839. The smallest absolute Gasteiger partial charge is 0.373 e. The predicted molar refractivity (Wildman–Crippen MR) is 125 cm³/mol. The van der Waals surface area contributed by atoms with Crippen LogP contribution in [0.5, 0.6) is 0 Å². The van der Waals surface area contributed by atoms with Gasteiger partial charge in [0.1, 0.15) is 0 Å². The molecule has 0 bridgehead atoms. The van der Waals surface area contributed by atoms with Gasteiger partial charge in [-0.05, 0) is 71.3 Å². The van der Waals surface area contributed by atoms with Gasteiger partial charge in [0.2, 0.25) is 5.76 Å². The van der Waals surface area contributed by atoms with E-state index in [1.54, 1.807) is 6.92 Å². The van der Waals surface area contributed by atoms with Gasteiger partial charge in [0.15, 0.2) is 0 Å². The molecule has 0 unspecified atom stereocenters. The van der Waals surface area contributed by atoms with E-state index in [0.717, 1.165) is 51.4 Å². The van der Waals surface area contributed by atoms with Crippen LogP contribution >= 0.6 is 0 Å². The molecule has 0 aromatic heterocycles. The Hall–Kier alpha value is -2.29. The maximum absolute atomic E-state index is 11.7. The molecule has 0 heterocycles. The molecule has 0 amide bonds. The molecule has 0 saturated carbocycles. The predicted octanol–water partition coefficient (Wildman–Crippen LogP) is 7.39. The Bertz CT molecular complexity index is 563. The van der Waals surface area contributed by atoms with E-state index in [9.17, 15) is 4.79 Å². The largest absolute Gasteiger partial charge is 0.487 e. The molecule has 0 rings (SSSR count). The van der Waals surface area contributed by atoms with Gasteiger partial charge in [0.25, 0.3) is 0 Å². The Kier molecular flexibility index (Phi) is 20.3. The van der Waals surface area contributed by atoms with Gasteiger partial charge in [0, 0.05) is 0 Å². The maximum atomic E-state index is 11.7. The third-order valence-corrected chi connectivity index (χ3v) is 3.84. The molecule has 0 aliphatic carbocycles. The Morgan fingerprint density at radius 2 is 1.10 bits per heavy atom. The lowest BCUT2D eigenvalue weighted by molar-refractivity contribution is -0.142. The van der Waals surface area contributed by atoms with E-state index in [0.29, 0.717) is 19.0 Å². The molecule has 3 heteroatoms. The van der Waals surface area contributed by atoms with Crippen LogP contribution < -0.4 is 0 Å². The van der Waals surface area contributed by atoms with Crippen LogP contribution in [0.25, 0.3) is 0 Å². The Morgan fingerprint density at radius 1 is 0.621 bits per heavy atom. The number of hydrogen-bond donors (Lipinski definition) is 0. The third-order valence-electron chi connectivity index (χ3n) is 3.84. The van der Waals surface area contributed by atoms with Crippen LogP contribution in [-0.4, -0.2) is 19.2 Å². The lowest BCUT2D eigenvalue weighted by Crippen LogP contribution is -2.10. The molecule has 0 aliphatic rings. The van der Waals surface area contributed by atoms with E-state index in [1.807, 2.05) is 13.0 Å². The standard InChI is InChI=1S/C26H40O3/c1-4-7-8-9-10-11-12-13-14-15-16-17-18-19-20-21-22-23-24-25(28-5-2)26(27)29-6-3/h7-8,10-11,13-14,16-17,19-20,24H,4-6,9,12,15,18,21-23H2,1-3H3/b8-7-,11-10-,14-13-,17-16-,20-19-,25-24-. The number of carbonyl (C=O) groups excluding carboxylic acids is 1. The molecule has 3 nitrogen and oxygen atoms in total. The van der Waals surface area contributed by atoms with Crippen LogP contribution in [0.15, 0.2) is 72.6 Å². The van der Waals surface area contributed by atoms with Gasteiger partial charge in [-0.25, -0.2) is 4.79 Å². The highest BCUT2D eigenvalue weighted by molar-refractivity contribution is 5.86. The van der Waals surface area contributed by atoms with Gasteiger partial charge in [0.05, 0.1) is 13.2 Å². The Balaban J connectivity index is 3.79. The number of allylic oxidation sites excluding steroid dienone is 11. The van der Waals surface area contributed by atoms with Gasteiger partial charge >= 0.3 is 5.97 Å². The van der Waals surface area contributed by atoms with Crippen molar-refractivity contribution in [2.24, 2.45) is 0 Å². The summed E-state index contributed by atoms with van der Waals surface area (Å²) in [7, 11) is 0. The molecule has 0 aliphatic heterocycles. The van der Waals surface area contributed by atoms with Crippen molar-refractivity contribution in [3.63, 3.8) is 0 Å². The highest BCUT2D eigenvalue weighted by atomic mass is 16.6. The van der Waals surface area contributed by atoms with Crippen molar-refractivity contribution in [2.75, 3.05) is 13.2 Å². The molecule has 0 fully saturated rings. The van der Waals surface area contributed by atoms with Crippen molar-refractivity contribution in [2.45, 2.75) is 72.1 Å². The first-order valence-corrected chi connectivity index (χ1v) is 11.0. The summed E-state index contributed by atoms with van der Waals surface area (Å²) in [4.78, 5) is 11.7. The second-order valence-corrected chi connectivity index (χ2v) is 6.36. The van der Waals surface area contributed by atoms with Crippen LogP contribution in [-0.2, 0) is 14.3 Å². The van der Waals surface area contributed by atoms with Crippen molar-refractivity contribution < 1.29 is 14.3 Å². The molecule has 0 aromatic carbocycles. The number of rotatable bonds is 17. The summed E-state index contributed by atoms with van der Waals surface area (Å²) >= 11 is 0. The summed E-state index contributed by atoms with van der Waals surface area (Å²) < 4.78 is 10.3. The van der Waals surface area contributed by atoms with E-state index < -0.39 is 0 Å². The first-order chi connectivity index (χ1) is 14.3. The molecule has 0 radical (unpaired) electrons. The fraction of sp³-hybridized carbons (Fsp3) is 0.500. The number of esters is 1.